The first kappa shape index (κ1) is 32.7. The first-order valence-corrected chi connectivity index (χ1v) is 9.68. The normalized spacial score (nSPS) is 39.8. The highest BCUT2D eigenvalue weighted by Gasteiger charge is 2.54. The van der Waals surface area contributed by atoms with Crippen molar-refractivity contribution < 1.29 is 55.4 Å². The van der Waals surface area contributed by atoms with Gasteiger partial charge < -0.3 is 55.4 Å². The van der Waals surface area contributed by atoms with Crippen LogP contribution in [0.5, 0.6) is 0 Å². The number of ether oxygens (including phenoxy) is 2. The molecule has 9 N–H and O–H groups in total. The second-order valence-corrected chi connectivity index (χ2v) is 8.28. The van der Waals surface area contributed by atoms with Crippen LogP contribution in [-0.4, -0.2) is 120 Å². The molecule has 2 aliphatic rings. The van der Waals surface area contributed by atoms with Crippen LogP contribution in [0.3, 0.4) is 0 Å². The first-order chi connectivity index (χ1) is 13.3. The molecule has 2 heterocycles. The summed E-state index contributed by atoms with van der Waals surface area (Å²) in [6.45, 7) is 6.24. The van der Waals surface area contributed by atoms with Gasteiger partial charge in [0.05, 0.1) is 25.4 Å². The SMILES string of the molecule is C.C.CC(C)[C@@H]1OC(CO)[C@@H](O)C(O)(O)C1O.CC(C)[C@H]1OC(CO)[C@@H](O)[C@@H](O)C1O. The van der Waals surface area contributed by atoms with Gasteiger partial charge in [-0.2, -0.15) is 0 Å². The van der Waals surface area contributed by atoms with E-state index in [4.69, 9.17) is 19.7 Å². The van der Waals surface area contributed by atoms with Crippen LogP contribution in [0.2, 0.25) is 0 Å². The summed E-state index contributed by atoms with van der Waals surface area (Å²) in [6, 6.07) is 0. The highest BCUT2D eigenvalue weighted by molar-refractivity contribution is 4.97. The second kappa shape index (κ2) is 13.3. The fourth-order valence-electron chi connectivity index (χ4n) is 3.39. The number of hydrogen-bond acceptors (Lipinski definition) is 11. The van der Waals surface area contributed by atoms with E-state index in [1.807, 2.05) is 13.8 Å². The Bertz CT molecular complexity index is 486. The van der Waals surface area contributed by atoms with E-state index in [0.717, 1.165) is 0 Å². The Morgan fingerprint density at radius 3 is 1.45 bits per heavy atom. The molecule has 0 aromatic heterocycles. The van der Waals surface area contributed by atoms with Gasteiger partial charge >= 0.3 is 0 Å². The van der Waals surface area contributed by atoms with Crippen molar-refractivity contribution in [2.75, 3.05) is 13.2 Å². The monoisotopic (exact) mass is 460 g/mol. The van der Waals surface area contributed by atoms with Crippen molar-refractivity contribution in [3.63, 3.8) is 0 Å². The van der Waals surface area contributed by atoms with Crippen LogP contribution < -0.4 is 0 Å². The highest BCUT2D eigenvalue weighted by atomic mass is 16.6. The maximum atomic E-state index is 9.58. The molecule has 0 radical (unpaired) electrons. The lowest BCUT2D eigenvalue weighted by Gasteiger charge is -2.46. The van der Waals surface area contributed by atoms with Crippen molar-refractivity contribution in [2.24, 2.45) is 11.8 Å². The molecule has 4 unspecified atom stereocenters. The summed E-state index contributed by atoms with van der Waals surface area (Å²) in [5.41, 5.74) is 0. The number of hydrogen-bond donors (Lipinski definition) is 9. The molecule has 190 valence electrons. The van der Waals surface area contributed by atoms with Gasteiger partial charge in [0.25, 0.3) is 0 Å². The minimum Gasteiger partial charge on any atom is -0.394 e. The Kier molecular flexibility index (Phi) is 14.1. The molecule has 0 bridgehead atoms. The third-order valence-electron chi connectivity index (χ3n) is 5.29. The number of rotatable bonds is 4. The van der Waals surface area contributed by atoms with Gasteiger partial charge in [0.15, 0.2) is 0 Å². The van der Waals surface area contributed by atoms with Crippen molar-refractivity contribution in [3.8, 4) is 0 Å². The minimum atomic E-state index is -2.65. The van der Waals surface area contributed by atoms with Crippen molar-refractivity contribution in [2.45, 2.75) is 103 Å². The van der Waals surface area contributed by atoms with Gasteiger partial charge in [-0.15, -0.1) is 0 Å². The molecule has 0 spiro atoms. The van der Waals surface area contributed by atoms with Gasteiger partial charge in [-0.05, 0) is 11.8 Å². The van der Waals surface area contributed by atoms with E-state index in [-0.39, 0.29) is 33.3 Å². The molecule has 0 aromatic rings. The molecular formula is C20H44O11. The van der Waals surface area contributed by atoms with Crippen LogP contribution in [0.15, 0.2) is 0 Å². The first-order valence-electron chi connectivity index (χ1n) is 9.68. The zero-order valence-corrected chi connectivity index (χ0v) is 17.1. The molecule has 0 aliphatic carbocycles. The highest BCUT2D eigenvalue weighted by Crippen LogP contribution is 2.31. The van der Waals surface area contributed by atoms with E-state index in [2.05, 4.69) is 0 Å². The Morgan fingerprint density at radius 2 is 1.06 bits per heavy atom. The summed E-state index contributed by atoms with van der Waals surface area (Å²) in [5.74, 6) is -2.80. The van der Waals surface area contributed by atoms with E-state index >= 15 is 0 Å². The van der Waals surface area contributed by atoms with Crippen LogP contribution in [0.25, 0.3) is 0 Å². The summed E-state index contributed by atoms with van der Waals surface area (Å²) < 4.78 is 10.5. The van der Waals surface area contributed by atoms with Gasteiger partial charge in [0, 0.05) is 0 Å². The van der Waals surface area contributed by atoms with Crippen LogP contribution in [0.1, 0.15) is 42.5 Å². The van der Waals surface area contributed by atoms with Crippen LogP contribution >= 0.6 is 0 Å². The summed E-state index contributed by atoms with van der Waals surface area (Å²) in [5, 5.41) is 84.2. The topological polar surface area (TPSA) is 201 Å². The second-order valence-electron chi connectivity index (χ2n) is 8.28. The van der Waals surface area contributed by atoms with Gasteiger partial charge in [-0.3, -0.25) is 0 Å². The number of aliphatic hydroxyl groups excluding tert-OH is 7. The molecule has 9 atom stereocenters. The summed E-state index contributed by atoms with van der Waals surface area (Å²) >= 11 is 0. The molecule has 11 heteroatoms. The van der Waals surface area contributed by atoms with Gasteiger partial charge in [-0.25, -0.2) is 0 Å². The van der Waals surface area contributed by atoms with Crippen molar-refractivity contribution >= 4 is 0 Å². The zero-order chi connectivity index (χ0) is 22.7. The maximum Gasteiger partial charge on any atom is 0.221 e. The molecule has 2 saturated heterocycles. The van der Waals surface area contributed by atoms with Gasteiger partial charge in [0.1, 0.15) is 42.7 Å². The molecule has 0 amide bonds. The fourth-order valence-corrected chi connectivity index (χ4v) is 3.39. The Hall–Kier alpha value is -0.440. The molecule has 0 aromatic carbocycles. The van der Waals surface area contributed by atoms with Crippen LogP contribution in [-0.2, 0) is 9.47 Å². The van der Waals surface area contributed by atoms with E-state index in [0.29, 0.717) is 0 Å². The molecular weight excluding hydrogens is 416 g/mol. The fraction of sp³-hybridized carbons (Fsp3) is 1.00. The van der Waals surface area contributed by atoms with Crippen molar-refractivity contribution in [1.29, 1.82) is 0 Å². The summed E-state index contributed by atoms with van der Waals surface area (Å²) in [4.78, 5) is 0. The predicted molar refractivity (Wildman–Crippen MR) is 112 cm³/mol. The van der Waals surface area contributed by atoms with Crippen molar-refractivity contribution in [3.05, 3.63) is 0 Å². The zero-order valence-electron chi connectivity index (χ0n) is 17.1. The molecule has 0 saturated carbocycles. The predicted octanol–water partition coefficient (Wildman–Crippen LogP) is -2.44. The smallest absolute Gasteiger partial charge is 0.221 e. The largest absolute Gasteiger partial charge is 0.394 e. The van der Waals surface area contributed by atoms with E-state index in [1.54, 1.807) is 13.8 Å². The molecule has 2 fully saturated rings. The summed E-state index contributed by atoms with van der Waals surface area (Å²) in [6.07, 6.45) is -10.2. The molecule has 2 rings (SSSR count). The molecule has 31 heavy (non-hydrogen) atoms. The Labute approximate surface area is 184 Å². The minimum absolute atomic E-state index is 0. The Morgan fingerprint density at radius 1 is 0.645 bits per heavy atom. The quantitative estimate of drug-likeness (QED) is 0.202. The lowest BCUT2D eigenvalue weighted by molar-refractivity contribution is -0.356. The van der Waals surface area contributed by atoms with Crippen LogP contribution in [0, 0.1) is 11.8 Å². The average molecular weight is 461 g/mol. The van der Waals surface area contributed by atoms with Gasteiger partial charge in [-0.1, -0.05) is 42.5 Å². The Balaban J connectivity index is 0. The molecule has 2 aliphatic heterocycles. The van der Waals surface area contributed by atoms with E-state index in [9.17, 15) is 35.7 Å². The lowest BCUT2D eigenvalue weighted by atomic mass is 9.87. The maximum absolute atomic E-state index is 9.58. The summed E-state index contributed by atoms with van der Waals surface area (Å²) in [7, 11) is 0. The van der Waals surface area contributed by atoms with E-state index in [1.165, 1.54) is 0 Å². The van der Waals surface area contributed by atoms with Crippen LogP contribution in [0.4, 0.5) is 0 Å². The third-order valence-corrected chi connectivity index (χ3v) is 5.29. The molecule has 11 nitrogen and oxygen atoms in total. The number of aliphatic hydroxyl groups is 9. The lowest BCUT2D eigenvalue weighted by Crippen LogP contribution is -2.68. The third kappa shape index (κ3) is 7.27. The van der Waals surface area contributed by atoms with Gasteiger partial charge in [0.2, 0.25) is 5.79 Å². The standard InChI is InChI=1S/C9H18O6.C9H18O5.2CH4/c1-4(2)6-8(12)9(13,14)7(11)5(3-10)15-6;1-4(2)9-8(13)7(12)6(11)5(3-10)14-9;;/h4-8,10-14H,3H2,1-2H3;4-13H,3H2,1-2H3;2*1H4/t5?,6-,7+,8?;5?,6-,7-,8?,9-;;/m01../s1. The van der Waals surface area contributed by atoms with Crippen molar-refractivity contribution in [1.82, 2.24) is 0 Å². The average Bonchev–Trinajstić information content (AvgIpc) is 2.65. The van der Waals surface area contributed by atoms with E-state index < -0.39 is 67.3 Å².